The van der Waals surface area contributed by atoms with Gasteiger partial charge in [-0.1, -0.05) is 6.92 Å². The summed E-state index contributed by atoms with van der Waals surface area (Å²) in [7, 11) is 0. The summed E-state index contributed by atoms with van der Waals surface area (Å²) < 4.78 is 5.57. The average Bonchev–Trinajstić information content (AvgIpc) is 3.31. The summed E-state index contributed by atoms with van der Waals surface area (Å²) >= 11 is 5.42. The Morgan fingerprint density at radius 1 is 0.947 bits per heavy atom. The van der Waals surface area contributed by atoms with Crippen LogP contribution in [0.1, 0.15) is 48.7 Å². The summed E-state index contributed by atoms with van der Waals surface area (Å²) in [6, 6.07) is 17.2. The van der Waals surface area contributed by atoms with Crippen LogP contribution in [-0.2, 0) is 0 Å². The highest BCUT2D eigenvalue weighted by atomic mass is 32.1. The SMILES string of the molecule is CCCOc1ccc(C(=O)NC(=S)Nc2cc3nn(-c4ccc(N(CC)CC)cc4C)nc3cc2C)cc1. The maximum atomic E-state index is 12.7. The minimum absolute atomic E-state index is 0.207. The van der Waals surface area contributed by atoms with Gasteiger partial charge in [-0.15, -0.1) is 10.2 Å². The Hall–Kier alpha value is -3.98. The molecule has 0 saturated carbocycles. The Morgan fingerprint density at radius 2 is 1.63 bits per heavy atom. The number of fused-ring (bicyclic) bond motifs is 1. The van der Waals surface area contributed by atoms with E-state index in [1.54, 1.807) is 29.1 Å². The molecule has 0 aliphatic rings. The number of aryl methyl sites for hydroxylation is 2. The lowest BCUT2D eigenvalue weighted by Gasteiger charge is -2.22. The second kappa shape index (κ2) is 12.0. The smallest absolute Gasteiger partial charge is 0.257 e. The lowest BCUT2D eigenvalue weighted by Crippen LogP contribution is -2.34. The largest absolute Gasteiger partial charge is 0.494 e. The van der Waals surface area contributed by atoms with Crippen molar-refractivity contribution in [1.29, 1.82) is 0 Å². The number of ether oxygens (including phenoxy) is 1. The highest BCUT2D eigenvalue weighted by Crippen LogP contribution is 2.25. The third kappa shape index (κ3) is 6.11. The van der Waals surface area contributed by atoms with Gasteiger partial charge in [0.1, 0.15) is 16.8 Å². The van der Waals surface area contributed by atoms with Gasteiger partial charge >= 0.3 is 0 Å². The molecule has 0 aliphatic heterocycles. The molecule has 4 aromatic rings. The number of thiocarbonyl (C=S) groups is 1. The number of amides is 1. The van der Waals surface area contributed by atoms with Gasteiger partial charge in [0.2, 0.25) is 0 Å². The number of carbonyl (C=O) groups excluding carboxylic acids is 1. The Balaban J connectivity index is 1.48. The normalized spacial score (nSPS) is 10.9. The van der Waals surface area contributed by atoms with Crippen LogP contribution in [-0.4, -0.2) is 45.7 Å². The monoisotopic (exact) mass is 530 g/mol. The van der Waals surface area contributed by atoms with Crippen molar-refractivity contribution < 1.29 is 9.53 Å². The number of nitrogens with zero attached hydrogens (tertiary/aromatic N) is 4. The zero-order valence-corrected chi connectivity index (χ0v) is 23.4. The lowest BCUT2D eigenvalue weighted by molar-refractivity contribution is 0.0977. The van der Waals surface area contributed by atoms with Gasteiger partial charge < -0.3 is 15.0 Å². The van der Waals surface area contributed by atoms with Crippen molar-refractivity contribution in [2.24, 2.45) is 0 Å². The lowest BCUT2D eigenvalue weighted by atomic mass is 10.1. The number of anilines is 2. The van der Waals surface area contributed by atoms with Crippen molar-refractivity contribution in [3.63, 3.8) is 0 Å². The first kappa shape index (κ1) is 27.1. The molecule has 1 heterocycles. The Morgan fingerprint density at radius 3 is 2.26 bits per heavy atom. The fourth-order valence-corrected chi connectivity index (χ4v) is 4.41. The Labute approximate surface area is 229 Å². The third-order valence-electron chi connectivity index (χ3n) is 6.32. The second-order valence-corrected chi connectivity index (χ2v) is 9.48. The van der Waals surface area contributed by atoms with Crippen LogP contribution in [0.5, 0.6) is 5.75 Å². The number of aromatic nitrogens is 3. The van der Waals surface area contributed by atoms with Gasteiger partial charge in [0.15, 0.2) is 5.11 Å². The molecule has 9 heteroatoms. The van der Waals surface area contributed by atoms with Crippen LogP contribution in [0.2, 0.25) is 0 Å². The average molecular weight is 531 g/mol. The standard InChI is InChI=1S/C29H34N6O2S/c1-6-15-37-23-12-9-21(10-13-23)28(36)31-29(38)30-24-18-26-25(17-19(24)4)32-35(33-26)27-14-11-22(16-20(27)5)34(7-2)8-3/h9-14,16-18H,6-8,15H2,1-5H3,(H2,30,31,36,38). The van der Waals surface area contributed by atoms with Gasteiger partial charge in [-0.25, -0.2) is 0 Å². The van der Waals surface area contributed by atoms with Gasteiger partial charge in [-0.3, -0.25) is 10.1 Å². The van der Waals surface area contributed by atoms with Crippen LogP contribution in [0.3, 0.4) is 0 Å². The highest BCUT2D eigenvalue weighted by Gasteiger charge is 2.14. The van der Waals surface area contributed by atoms with Crippen LogP contribution in [0.4, 0.5) is 11.4 Å². The minimum Gasteiger partial charge on any atom is -0.494 e. The molecule has 0 atom stereocenters. The van der Waals surface area contributed by atoms with Crippen molar-refractivity contribution in [2.45, 2.75) is 41.0 Å². The maximum Gasteiger partial charge on any atom is 0.257 e. The highest BCUT2D eigenvalue weighted by molar-refractivity contribution is 7.80. The van der Waals surface area contributed by atoms with Gasteiger partial charge in [0.25, 0.3) is 5.91 Å². The van der Waals surface area contributed by atoms with Crippen LogP contribution in [0.25, 0.3) is 16.7 Å². The number of carbonyl (C=O) groups is 1. The first-order valence-electron chi connectivity index (χ1n) is 12.9. The summed E-state index contributed by atoms with van der Waals surface area (Å²) in [6.45, 7) is 12.9. The molecule has 0 saturated heterocycles. The predicted molar refractivity (Wildman–Crippen MR) is 158 cm³/mol. The second-order valence-electron chi connectivity index (χ2n) is 9.07. The minimum atomic E-state index is -0.294. The summed E-state index contributed by atoms with van der Waals surface area (Å²) in [5, 5.41) is 15.5. The van der Waals surface area contributed by atoms with E-state index in [2.05, 4.69) is 54.5 Å². The van der Waals surface area contributed by atoms with E-state index in [9.17, 15) is 4.79 Å². The molecule has 0 spiro atoms. The molecule has 0 bridgehead atoms. The van der Waals surface area contributed by atoms with Crippen molar-refractivity contribution in [3.8, 4) is 11.4 Å². The summed E-state index contributed by atoms with van der Waals surface area (Å²) in [5.41, 5.74) is 6.90. The van der Waals surface area contributed by atoms with E-state index in [0.29, 0.717) is 12.2 Å². The van der Waals surface area contributed by atoms with Crippen LogP contribution in [0.15, 0.2) is 54.6 Å². The van der Waals surface area contributed by atoms with Crippen LogP contribution >= 0.6 is 12.2 Å². The first-order chi connectivity index (χ1) is 18.3. The molecule has 4 rings (SSSR count). The maximum absolute atomic E-state index is 12.7. The van der Waals surface area contributed by atoms with Crippen LogP contribution < -0.4 is 20.3 Å². The Bertz CT molecular complexity index is 1440. The fraction of sp³-hybridized carbons (Fsp3) is 0.310. The van der Waals surface area contributed by atoms with Crippen LogP contribution in [0, 0.1) is 13.8 Å². The topological polar surface area (TPSA) is 84.3 Å². The Kier molecular flexibility index (Phi) is 8.58. The van der Waals surface area contributed by atoms with Gasteiger partial charge in [-0.05, 0) is 112 Å². The van der Waals surface area contributed by atoms with Gasteiger partial charge in [0.05, 0.1) is 12.3 Å². The molecular formula is C29H34N6O2S. The van der Waals surface area contributed by atoms with Gasteiger partial charge in [0, 0.05) is 30.0 Å². The van der Waals surface area contributed by atoms with E-state index in [4.69, 9.17) is 27.2 Å². The number of rotatable bonds is 9. The molecule has 8 nitrogen and oxygen atoms in total. The molecular weight excluding hydrogens is 496 g/mol. The molecule has 198 valence electrons. The quantitative estimate of drug-likeness (QED) is 0.265. The van der Waals surface area contributed by atoms with E-state index >= 15 is 0 Å². The van der Waals surface area contributed by atoms with Crippen molar-refractivity contribution >= 4 is 45.6 Å². The molecule has 38 heavy (non-hydrogen) atoms. The van der Waals surface area contributed by atoms with Crippen molar-refractivity contribution in [2.75, 3.05) is 29.9 Å². The van der Waals surface area contributed by atoms with E-state index in [1.807, 2.05) is 26.0 Å². The number of nitrogens with one attached hydrogen (secondary N) is 2. The number of benzene rings is 3. The molecule has 0 unspecified atom stereocenters. The number of hydrogen-bond donors (Lipinski definition) is 2. The molecule has 0 radical (unpaired) electrons. The van der Waals surface area contributed by atoms with Gasteiger partial charge in [-0.2, -0.15) is 4.80 Å². The molecule has 3 aromatic carbocycles. The molecule has 0 aliphatic carbocycles. The predicted octanol–water partition coefficient (Wildman–Crippen LogP) is 5.80. The summed E-state index contributed by atoms with van der Waals surface area (Å²) in [4.78, 5) is 16.6. The third-order valence-corrected chi connectivity index (χ3v) is 6.52. The van der Waals surface area contributed by atoms with E-state index in [0.717, 1.165) is 58.8 Å². The number of hydrogen-bond acceptors (Lipinski definition) is 6. The van der Waals surface area contributed by atoms with E-state index in [-0.39, 0.29) is 11.0 Å². The molecule has 1 aromatic heterocycles. The van der Waals surface area contributed by atoms with Crippen molar-refractivity contribution in [3.05, 3.63) is 71.3 Å². The molecule has 1 amide bonds. The first-order valence-corrected chi connectivity index (χ1v) is 13.3. The van der Waals surface area contributed by atoms with E-state index in [1.165, 1.54) is 5.69 Å². The van der Waals surface area contributed by atoms with Crippen molar-refractivity contribution in [1.82, 2.24) is 20.3 Å². The molecule has 2 N–H and O–H groups in total. The summed E-state index contributed by atoms with van der Waals surface area (Å²) in [6.07, 6.45) is 0.924. The molecule has 0 fully saturated rings. The summed E-state index contributed by atoms with van der Waals surface area (Å²) in [5.74, 6) is 0.439. The zero-order chi connectivity index (χ0) is 27.2. The fourth-order valence-electron chi connectivity index (χ4n) is 4.21. The van der Waals surface area contributed by atoms with E-state index < -0.39 is 0 Å². The zero-order valence-electron chi connectivity index (χ0n) is 22.5.